The van der Waals surface area contributed by atoms with Gasteiger partial charge in [-0.2, -0.15) is 0 Å². The summed E-state index contributed by atoms with van der Waals surface area (Å²) in [5.41, 5.74) is 0.0353. The van der Waals surface area contributed by atoms with Crippen LogP contribution < -0.4 is 10.6 Å². The number of nitrogens with one attached hydrogen (secondary N) is 2. The first kappa shape index (κ1) is 38.6. The molecule has 1 aliphatic carbocycles. The summed E-state index contributed by atoms with van der Waals surface area (Å²) in [5, 5.41) is 16.0. The number of carbonyl (C=O) groups is 5. The van der Waals surface area contributed by atoms with E-state index in [1.54, 1.807) is 54.8 Å². The first-order chi connectivity index (χ1) is 24.6. The van der Waals surface area contributed by atoms with Crippen LogP contribution in [-0.2, 0) is 25.5 Å². The van der Waals surface area contributed by atoms with Crippen LogP contribution in [0.1, 0.15) is 89.1 Å². The van der Waals surface area contributed by atoms with Crippen LogP contribution in [0.4, 0.5) is 4.79 Å². The topological polar surface area (TPSA) is 149 Å². The Bertz CT molecular complexity index is 1580. The maximum atomic E-state index is 14.4. The van der Waals surface area contributed by atoms with E-state index in [9.17, 15) is 29.1 Å². The first-order valence-electron chi connectivity index (χ1n) is 18.6. The minimum absolute atomic E-state index is 0.0882. The molecule has 3 N–H and O–H groups in total. The normalized spacial score (nSPS) is 20.5. The molecule has 2 aromatic carbocycles. The van der Waals surface area contributed by atoms with Crippen LogP contribution in [-0.4, -0.2) is 106 Å². The van der Waals surface area contributed by atoms with Crippen molar-refractivity contribution in [1.29, 1.82) is 0 Å². The average Bonchev–Trinajstić information content (AvgIpc) is 3.45. The summed E-state index contributed by atoms with van der Waals surface area (Å²) in [7, 11) is 0. The zero-order valence-corrected chi connectivity index (χ0v) is 31.2. The van der Waals surface area contributed by atoms with Crippen LogP contribution in [0.25, 0.3) is 0 Å². The highest BCUT2D eigenvalue weighted by Gasteiger charge is 2.49. The summed E-state index contributed by atoms with van der Waals surface area (Å²) in [6.45, 7) is 10.9. The SMILES string of the molecule is CC(C)(C)OC(=O)N1CCC(C)(C)C1C(=O)NC(C(=O)NC(Cc1ccc(O)cc1)C(=O)N1CCN(C(=O)c2ccccc2)CC1)C1CCCCC1. The molecule has 3 aliphatic rings. The molecule has 12 heteroatoms. The Morgan fingerprint density at radius 1 is 0.846 bits per heavy atom. The van der Waals surface area contributed by atoms with Crippen molar-refractivity contribution in [3.63, 3.8) is 0 Å². The number of carbonyl (C=O) groups excluding carboxylic acids is 5. The Morgan fingerprint density at radius 2 is 1.46 bits per heavy atom. The van der Waals surface area contributed by atoms with Gasteiger partial charge >= 0.3 is 6.09 Å². The zero-order chi connectivity index (χ0) is 37.6. The second kappa shape index (κ2) is 16.4. The summed E-state index contributed by atoms with van der Waals surface area (Å²) >= 11 is 0. The van der Waals surface area contributed by atoms with E-state index in [-0.39, 0.29) is 29.9 Å². The van der Waals surface area contributed by atoms with Crippen LogP contribution >= 0.6 is 0 Å². The third-order valence-electron chi connectivity index (χ3n) is 10.5. The van der Waals surface area contributed by atoms with Crippen molar-refractivity contribution in [2.45, 2.75) is 103 Å². The molecule has 3 atom stereocenters. The number of likely N-dealkylation sites (tertiary alicyclic amines) is 1. The molecule has 282 valence electrons. The monoisotopic (exact) mass is 717 g/mol. The molecule has 2 heterocycles. The van der Waals surface area contributed by atoms with E-state index in [0.29, 0.717) is 44.7 Å². The van der Waals surface area contributed by atoms with Crippen molar-refractivity contribution in [3.05, 3.63) is 65.7 Å². The Balaban J connectivity index is 1.35. The van der Waals surface area contributed by atoms with Gasteiger partial charge in [-0.1, -0.05) is 63.4 Å². The molecule has 52 heavy (non-hydrogen) atoms. The number of amides is 5. The van der Waals surface area contributed by atoms with Crippen LogP contribution in [0.15, 0.2) is 54.6 Å². The standard InChI is InChI=1S/C40H55N5O7/c1-39(2,3)52-38(51)45-21-20-40(4,5)33(45)35(48)42-32(28-12-8-6-9-13-28)34(47)41-31(26-27-16-18-30(46)19-17-27)37(50)44-24-22-43(23-25-44)36(49)29-14-10-7-11-15-29/h7,10-11,14-19,28,31-33,46H,6,8-9,12-13,20-26H2,1-5H3,(H,41,47)(H,42,48). The summed E-state index contributed by atoms with van der Waals surface area (Å²) in [5.74, 6) is -1.30. The molecule has 3 unspecified atom stereocenters. The van der Waals surface area contributed by atoms with Crippen LogP contribution in [0.3, 0.4) is 0 Å². The Hall–Kier alpha value is -4.61. The van der Waals surface area contributed by atoms with E-state index in [2.05, 4.69) is 10.6 Å². The van der Waals surface area contributed by atoms with Gasteiger partial charge in [0, 0.05) is 44.7 Å². The van der Waals surface area contributed by atoms with Crippen molar-refractivity contribution >= 4 is 29.7 Å². The number of nitrogens with zero attached hydrogens (tertiary/aromatic N) is 3. The van der Waals surface area contributed by atoms with Crippen LogP contribution in [0.5, 0.6) is 5.75 Å². The number of piperazine rings is 1. The molecule has 2 saturated heterocycles. The quantitative estimate of drug-likeness (QED) is 0.346. The maximum Gasteiger partial charge on any atom is 0.410 e. The predicted molar refractivity (Wildman–Crippen MR) is 196 cm³/mol. The first-order valence-corrected chi connectivity index (χ1v) is 18.6. The third kappa shape index (κ3) is 9.63. The second-order valence-electron chi connectivity index (χ2n) is 16.1. The van der Waals surface area contributed by atoms with Crippen molar-refractivity contribution in [2.24, 2.45) is 11.3 Å². The van der Waals surface area contributed by atoms with Gasteiger partial charge < -0.3 is 30.3 Å². The molecular formula is C40H55N5O7. The highest BCUT2D eigenvalue weighted by Crippen LogP contribution is 2.38. The lowest BCUT2D eigenvalue weighted by Crippen LogP contribution is -2.61. The fraction of sp³-hybridized carbons (Fsp3) is 0.575. The lowest BCUT2D eigenvalue weighted by molar-refractivity contribution is -0.139. The largest absolute Gasteiger partial charge is 0.508 e. The summed E-state index contributed by atoms with van der Waals surface area (Å²) in [6.07, 6.45) is 4.57. The number of phenolic OH excluding ortho intramolecular Hbond substituents is 1. The zero-order valence-electron chi connectivity index (χ0n) is 31.2. The van der Waals surface area contributed by atoms with Gasteiger partial charge in [-0.25, -0.2) is 4.79 Å². The van der Waals surface area contributed by atoms with Crippen LogP contribution in [0, 0.1) is 11.3 Å². The molecule has 12 nitrogen and oxygen atoms in total. The molecular weight excluding hydrogens is 662 g/mol. The Labute approximate surface area is 307 Å². The number of benzene rings is 2. The van der Waals surface area contributed by atoms with Gasteiger partial charge in [-0.3, -0.25) is 24.1 Å². The van der Waals surface area contributed by atoms with E-state index in [0.717, 1.165) is 37.7 Å². The molecule has 0 aromatic heterocycles. The molecule has 0 bridgehead atoms. The maximum absolute atomic E-state index is 14.4. The third-order valence-corrected chi connectivity index (χ3v) is 10.5. The van der Waals surface area contributed by atoms with Gasteiger partial charge in [0.05, 0.1) is 0 Å². The van der Waals surface area contributed by atoms with E-state index >= 15 is 0 Å². The minimum atomic E-state index is -0.961. The summed E-state index contributed by atoms with van der Waals surface area (Å²) < 4.78 is 5.66. The van der Waals surface area contributed by atoms with Gasteiger partial charge in [-0.05, 0) is 81.2 Å². The highest BCUT2D eigenvalue weighted by atomic mass is 16.6. The van der Waals surface area contributed by atoms with Gasteiger partial charge in [-0.15, -0.1) is 0 Å². The number of aromatic hydroxyl groups is 1. The van der Waals surface area contributed by atoms with E-state index in [1.165, 1.54) is 17.0 Å². The van der Waals surface area contributed by atoms with Gasteiger partial charge in [0.25, 0.3) is 5.91 Å². The lowest BCUT2D eigenvalue weighted by Gasteiger charge is -2.38. The fourth-order valence-electron chi connectivity index (χ4n) is 7.65. The smallest absolute Gasteiger partial charge is 0.410 e. The summed E-state index contributed by atoms with van der Waals surface area (Å²) in [4.78, 5) is 74.0. The van der Waals surface area contributed by atoms with Crippen molar-refractivity contribution in [2.75, 3.05) is 32.7 Å². The van der Waals surface area contributed by atoms with Gasteiger partial charge in [0.15, 0.2) is 0 Å². The molecule has 5 amide bonds. The summed E-state index contributed by atoms with van der Waals surface area (Å²) in [6, 6.07) is 12.8. The minimum Gasteiger partial charge on any atom is -0.508 e. The highest BCUT2D eigenvalue weighted by molar-refractivity contribution is 5.96. The molecule has 0 radical (unpaired) electrons. The van der Waals surface area contributed by atoms with Gasteiger partial charge in [0.2, 0.25) is 17.7 Å². The van der Waals surface area contributed by atoms with Gasteiger partial charge in [0.1, 0.15) is 29.5 Å². The van der Waals surface area contributed by atoms with E-state index < -0.39 is 47.0 Å². The molecule has 1 saturated carbocycles. The van der Waals surface area contributed by atoms with E-state index in [1.807, 2.05) is 32.0 Å². The number of hydrogen-bond acceptors (Lipinski definition) is 7. The fourth-order valence-corrected chi connectivity index (χ4v) is 7.65. The molecule has 5 rings (SSSR count). The molecule has 3 fully saturated rings. The number of ether oxygens (including phenoxy) is 1. The molecule has 0 spiro atoms. The van der Waals surface area contributed by atoms with Crippen molar-refractivity contribution in [1.82, 2.24) is 25.3 Å². The van der Waals surface area contributed by atoms with Crippen molar-refractivity contribution in [3.8, 4) is 5.75 Å². The Kier molecular flexibility index (Phi) is 12.2. The number of phenols is 1. The second-order valence-corrected chi connectivity index (χ2v) is 16.1. The van der Waals surface area contributed by atoms with Crippen molar-refractivity contribution < 1.29 is 33.8 Å². The number of rotatable bonds is 9. The molecule has 2 aromatic rings. The Morgan fingerprint density at radius 3 is 2.08 bits per heavy atom. The van der Waals surface area contributed by atoms with Crippen LogP contribution in [0.2, 0.25) is 0 Å². The van der Waals surface area contributed by atoms with E-state index in [4.69, 9.17) is 4.74 Å². The average molecular weight is 718 g/mol. The lowest BCUT2D eigenvalue weighted by atomic mass is 9.81. The molecule has 2 aliphatic heterocycles. The predicted octanol–water partition coefficient (Wildman–Crippen LogP) is 4.50. The number of hydrogen-bond donors (Lipinski definition) is 3.